The molecule has 0 unspecified atom stereocenters. The molecule has 6 nitrogen and oxygen atoms in total. The van der Waals surface area contributed by atoms with Gasteiger partial charge in [0.05, 0.1) is 11.9 Å². The SMILES string of the molecule is CS(=O)(=O)c1ccc(NC(=O)CCCCO)cn1. The zero-order chi connectivity index (χ0) is 13.6. The number of aliphatic hydroxyl groups excluding tert-OH is 1. The van der Waals surface area contributed by atoms with E-state index in [0.29, 0.717) is 24.9 Å². The lowest BCUT2D eigenvalue weighted by Gasteiger charge is -2.05. The van der Waals surface area contributed by atoms with Crippen LogP contribution in [0.5, 0.6) is 0 Å². The Morgan fingerprint density at radius 2 is 2.11 bits per heavy atom. The van der Waals surface area contributed by atoms with Gasteiger partial charge >= 0.3 is 0 Å². The van der Waals surface area contributed by atoms with Crippen LogP contribution in [0.3, 0.4) is 0 Å². The van der Waals surface area contributed by atoms with E-state index in [9.17, 15) is 13.2 Å². The van der Waals surface area contributed by atoms with Gasteiger partial charge in [-0.25, -0.2) is 13.4 Å². The first-order valence-electron chi connectivity index (χ1n) is 5.50. The molecule has 0 saturated carbocycles. The van der Waals surface area contributed by atoms with E-state index < -0.39 is 9.84 Å². The number of nitrogens with one attached hydrogen (secondary N) is 1. The third-order valence-electron chi connectivity index (χ3n) is 2.21. The molecule has 1 aromatic rings. The van der Waals surface area contributed by atoms with Crippen LogP contribution in [0, 0.1) is 0 Å². The lowest BCUT2D eigenvalue weighted by molar-refractivity contribution is -0.116. The quantitative estimate of drug-likeness (QED) is 0.739. The van der Waals surface area contributed by atoms with Gasteiger partial charge in [0, 0.05) is 19.3 Å². The highest BCUT2D eigenvalue weighted by atomic mass is 32.2. The van der Waals surface area contributed by atoms with Crippen molar-refractivity contribution in [1.82, 2.24) is 4.98 Å². The highest BCUT2D eigenvalue weighted by Gasteiger charge is 2.08. The van der Waals surface area contributed by atoms with Crippen LogP contribution in [-0.2, 0) is 14.6 Å². The van der Waals surface area contributed by atoms with Gasteiger partial charge in [-0.3, -0.25) is 4.79 Å². The van der Waals surface area contributed by atoms with Gasteiger partial charge in [0.1, 0.15) is 0 Å². The fraction of sp³-hybridized carbons (Fsp3) is 0.455. The van der Waals surface area contributed by atoms with E-state index in [1.54, 1.807) is 0 Å². The van der Waals surface area contributed by atoms with Crippen molar-refractivity contribution in [3.05, 3.63) is 18.3 Å². The standard InChI is InChI=1S/C11H16N2O4S/c1-18(16,17)11-6-5-9(8-12-11)13-10(15)4-2-3-7-14/h5-6,8,14H,2-4,7H2,1H3,(H,13,15). The minimum Gasteiger partial charge on any atom is -0.396 e. The topological polar surface area (TPSA) is 96.4 Å². The average molecular weight is 272 g/mol. The van der Waals surface area contributed by atoms with Gasteiger partial charge in [-0.05, 0) is 25.0 Å². The maximum Gasteiger partial charge on any atom is 0.224 e. The maximum absolute atomic E-state index is 11.4. The Morgan fingerprint density at radius 3 is 2.61 bits per heavy atom. The summed E-state index contributed by atoms with van der Waals surface area (Å²) in [4.78, 5) is 15.2. The zero-order valence-electron chi connectivity index (χ0n) is 10.1. The number of carbonyl (C=O) groups is 1. The molecule has 0 aliphatic carbocycles. The number of amides is 1. The minimum absolute atomic E-state index is 0.0271. The lowest BCUT2D eigenvalue weighted by atomic mass is 10.2. The molecular formula is C11H16N2O4S. The van der Waals surface area contributed by atoms with Crippen molar-refractivity contribution >= 4 is 21.4 Å². The van der Waals surface area contributed by atoms with E-state index in [1.807, 2.05) is 0 Å². The Morgan fingerprint density at radius 1 is 1.39 bits per heavy atom. The van der Waals surface area contributed by atoms with E-state index >= 15 is 0 Å². The van der Waals surface area contributed by atoms with Gasteiger partial charge in [0.2, 0.25) is 5.91 Å². The summed E-state index contributed by atoms with van der Waals surface area (Å²) in [7, 11) is -3.32. The first kappa shape index (κ1) is 14.6. The van der Waals surface area contributed by atoms with Crippen molar-refractivity contribution in [2.45, 2.75) is 24.3 Å². The molecule has 1 amide bonds. The zero-order valence-corrected chi connectivity index (χ0v) is 10.9. The summed E-state index contributed by atoms with van der Waals surface area (Å²) in [6.07, 6.45) is 3.88. The normalized spacial score (nSPS) is 11.2. The molecular weight excluding hydrogens is 256 g/mol. The molecule has 1 aromatic heterocycles. The number of carbonyl (C=O) groups excluding carboxylic acids is 1. The van der Waals surface area contributed by atoms with Crippen molar-refractivity contribution in [3.63, 3.8) is 0 Å². The minimum atomic E-state index is -3.32. The molecule has 0 aromatic carbocycles. The monoisotopic (exact) mass is 272 g/mol. The van der Waals surface area contributed by atoms with E-state index in [-0.39, 0.29) is 17.5 Å². The number of rotatable bonds is 6. The van der Waals surface area contributed by atoms with Crippen molar-refractivity contribution in [3.8, 4) is 0 Å². The van der Waals surface area contributed by atoms with Crippen molar-refractivity contribution in [1.29, 1.82) is 0 Å². The third-order valence-corrected chi connectivity index (χ3v) is 3.21. The van der Waals surface area contributed by atoms with Crippen LogP contribution in [0.25, 0.3) is 0 Å². The molecule has 0 aliphatic heterocycles. The number of hydrogen-bond acceptors (Lipinski definition) is 5. The summed E-state index contributed by atoms with van der Waals surface area (Å²) in [6, 6.07) is 2.84. The second kappa shape index (κ2) is 6.46. The van der Waals surface area contributed by atoms with E-state index in [4.69, 9.17) is 5.11 Å². The number of nitrogens with zero attached hydrogens (tertiary/aromatic N) is 1. The van der Waals surface area contributed by atoms with Gasteiger partial charge in [-0.1, -0.05) is 0 Å². The van der Waals surface area contributed by atoms with Gasteiger partial charge < -0.3 is 10.4 Å². The molecule has 0 fully saturated rings. The van der Waals surface area contributed by atoms with Crippen LogP contribution in [-0.4, -0.2) is 37.3 Å². The van der Waals surface area contributed by atoms with Crippen molar-refractivity contribution in [2.24, 2.45) is 0 Å². The maximum atomic E-state index is 11.4. The van der Waals surface area contributed by atoms with Crippen LogP contribution < -0.4 is 5.32 Å². The molecule has 2 N–H and O–H groups in total. The molecule has 18 heavy (non-hydrogen) atoms. The van der Waals surface area contributed by atoms with Crippen LogP contribution in [0.4, 0.5) is 5.69 Å². The summed E-state index contributed by atoms with van der Waals surface area (Å²) < 4.78 is 22.3. The molecule has 7 heteroatoms. The van der Waals surface area contributed by atoms with Gasteiger partial charge in [0.15, 0.2) is 14.9 Å². The van der Waals surface area contributed by atoms with E-state index in [2.05, 4.69) is 10.3 Å². The number of unbranched alkanes of at least 4 members (excludes halogenated alkanes) is 1. The molecule has 0 atom stereocenters. The van der Waals surface area contributed by atoms with Crippen LogP contribution >= 0.6 is 0 Å². The second-order valence-corrected chi connectivity index (χ2v) is 5.85. The number of aromatic nitrogens is 1. The summed E-state index contributed by atoms with van der Waals surface area (Å²) in [5.41, 5.74) is 0.455. The second-order valence-electron chi connectivity index (χ2n) is 3.89. The van der Waals surface area contributed by atoms with Crippen LogP contribution in [0.2, 0.25) is 0 Å². The van der Waals surface area contributed by atoms with Gasteiger partial charge in [-0.2, -0.15) is 0 Å². The fourth-order valence-electron chi connectivity index (χ4n) is 1.29. The first-order valence-corrected chi connectivity index (χ1v) is 7.39. The molecule has 0 spiro atoms. The Labute approximate surface area is 106 Å². The molecule has 100 valence electrons. The molecule has 1 rings (SSSR count). The molecule has 0 saturated heterocycles. The number of anilines is 1. The highest BCUT2D eigenvalue weighted by molar-refractivity contribution is 7.90. The van der Waals surface area contributed by atoms with Crippen molar-refractivity contribution < 1.29 is 18.3 Å². The summed E-state index contributed by atoms with van der Waals surface area (Å²) in [5, 5.41) is 11.2. The summed E-state index contributed by atoms with van der Waals surface area (Å²) in [5.74, 6) is -0.183. The number of pyridine rings is 1. The predicted octanol–water partition coefficient (Wildman–Crippen LogP) is 0.586. The number of hydrogen-bond donors (Lipinski definition) is 2. The van der Waals surface area contributed by atoms with E-state index in [0.717, 1.165) is 6.26 Å². The molecule has 0 radical (unpaired) electrons. The molecule has 0 aliphatic rings. The largest absolute Gasteiger partial charge is 0.396 e. The van der Waals surface area contributed by atoms with Crippen LogP contribution in [0.15, 0.2) is 23.4 Å². The number of sulfone groups is 1. The summed E-state index contributed by atoms with van der Waals surface area (Å²) >= 11 is 0. The fourth-order valence-corrected chi connectivity index (χ4v) is 1.85. The highest BCUT2D eigenvalue weighted by Crippen LogP contribution is 2.10. The number of aliphatic hydroxyl groups is 1. The third kappa shape index (κ3) is 4.80. The Hall–Kier alpha value is -1.47. The average Bonchev–Trinajstić information content (AvgIpc) is 2.29. The predicted molar refractivity (Wildman–Crippen MR) is 66.9 cm³/mol. The first-order chi connectivity index (χ1) is 8.43. The van der Waals surface area contributed by atoms with E-state index in [1.165, 1.54) is 18.3 Å². The van der Waals surface area contributed by atoms with Crippen LogP contribution in [0.1, 0.15) is 19.3 Å². The Bertz CT molecular complexity index is 496. The van der Waals surface area contributed by atoms with Gasteiger partial charge in [-0.15, -0.1) is 0 Å². The van der Waals surface area contributed by atoms with Gasteiger partial charge in [0.25, 0.3) is 0 Å². The molecule has 1 heterocycles. The smallest absolute Gasteiger partial charge is 0.224 e. The molecule has 0 bridgehead atoms. The van der Waals surface area contributed by atoms with Crippen molar-refractivity contribution in [2.75, 3.05) is 18.2 Å². The Balaban J connectivity index is 2.56. The summed E-state index contributed by atoms with van der Waals surface area (Å²) in [6.45, 7) is 0.0674. The Kier molecular flexibility index (Phi) is 5.24. The lowest BCUT2D eigenvalue weighted by Crippen LogP contribution is -2.12.